The van der Waals surface area contributed by atoms with E-state index in [1.165, 1.54) is 0 Å². The smallest absolute Gasteiger partial charge is 0.272 e. The zero-order valence-corrected chi connectivity index (χ0v) is 9.54. The molecule has 0 aromatic heterocycles. The van der Waals surface area contributed by atoms with Crippen LogP contribution in [0.25, 0.3) is 0 Å². The van der Waals surface area contributed by atoms with E-state index in [0.29, 0.717) is 5.75 Å². The van der Waals surface area contributed by atoms with Crippen molar-refractivity contribution in [3.8, 4) is 5.75 Å². The molecular formula is C12H17F2NO. The largest absolute Gasteiger partial charge is 0.487 e. The van der Waals surface area contributed by atoms with E-state index in [1.54, 1.807) is 12.1 Å². The summed E-state index contributed by atoms with van der Waals surface area (Å²) < 4.78 is 29.2. The molecule has 1 aromatic rings. The van der Waals surface area contributed by atoms with Gasteiger partial charge in [0.25, 0.3) is 6.43 Å². The minimum atomic E-state index is -2.44. The third-order valence-electron chi connectivity index (χ3n) is 2.42. The molecule has 16 heavy (non-hydrogen) atoms. The van der Waals surface area contributed by atoms with E-state index in [2.05, 4.69) is 5.32 Å². The topological polar surface area (TPSA) is 21.3 Å². The van der Waals surface area contributed by atoms with Gasteiger partial charge in [0, 0.05) is 11.6 Å². The van der Waals surface area contributed by atoms with Crippen LogP contribution in [-0.2, 0) is 0 Å². The molecule has 0 saturated carbocycles. The molecule has 0 aliphatic heterocycles. The van der Waals surface area contributed by atoms with Crippen LogP contribution in [0.2, 0.25) is 0 Å². The van der Waals surface area contributed by atoms with Gasteiger partial charge in [-0.3, -0.25) is 0 Å². The van der Waals surface area contributed by atoms with Gasteiger partial charge in [0.1, 0.15) is 12.4 Å². The molecule has 1 aromatic carbocycles. The highest BCUT2D eigenvalue weighted by molar-refractivity contribution is 5.35. The summed E-state index contributed by atoms with van der Waals surface area (Å²) in [5.41, 5.74) is 0.924. The van der Waals surface area contributed by atoms with Crippen LogP contribution in [-0.4, -0.2) is 20.1 Å². The van der Waals surface area contributed by atoms with Crippen LogP contribution in [0.1, 0.15) is 24.9 Å². The Balaban J connectivity index is 2.82. The molecule has 1 unspecified atom stereocenters. The Morgan fingerprint density at radius 3 is 2.56 bits per heavy atom. The quantitative estimate of drug-likeness (QED) is 0.809. The van der Waals surface area contributed by atoms with E-state index in [9.17, 15) is 8.78 Å². The highest BCUT2D eigenvalue weighted by Gasteiger charge is 2.13. The lowest BCUT2D eigenvalue weighted by Crippen LogP contribution is -2.17. The summed E-state index contributed by atoms with van der Waals surface area (Å²) in [6.07, 6.45) is -1.56. The van der Waals surface area contributed by atoms with E-state index >= 15 is 0 Å². The molecule has 2 nitrogen and oxygen atoms in total. The fraction of sp³-hybridized carbons (Fsp3) is 0.500. The van der Waals surface area contributed by atoms with Gasteiger partial charge >= 0.3 is 0 Å². The van der Waals surface area contributed by atoms with Gasteiger partial charge in [-0.15, -0.1) is 0 Å². The monoisotopic (exact) mass is 229 g/mol. The Bertz CT molecular complexity index is 314. The lowest BCUT2D eigenvalue weighted by molar-refractivity contribution is 0.0811. The van der Waals surface area contributed by atoms with Gasteiger partial charge < -0.3 is 10.1 Å². The number of ether oxygens (including phenoxy) is 1. The van der Waals surface area contributed by atoms with Crippen molar-refractivity contribution >= 4 is 0 Å². The highest BCUT2D eigenvalue weighted by Crippen LogP contribution is 2.26. The fourth-order valence-corrected chi connectivity index (χ4v) is 1.63. The van der Waals surface area contributed by atoms with Gasteiger partial charge in [0.15, 0.2) is 0 Å². The van der Waals surface area contributed by atoms with Gasteiger partial charge in [0.05, 0.1) is 0 Å². The minimum absolute atomic E-state index is 0.133. The van der Waals surface area contributed by atoms with Gasteiger partial charge in [0.2, 0.25) is 0 Å². The molecule has 0 spiro atoms. The Hall–Kier alpha value is -1.16. The second kappa shape index (κ2) is 6.43. The van der Waals surface area contributed by atoms with E-state index in [4.69, 9.17) is 4.74 Å². The molecular weight excluding hydrogens is 212 g/mol. The number of para-hydroxylation sites is 1. The maximum Gasteiger partial charge on any atom is 0.272 e. The van der Waals surface area contributed by atoms with Crippen molar-refractivity contribution in [2.75, 3.05) is 13.7 Å². The summed E-state index contributed by atoms with van der Waals surface area (Å²) in [4.78, 5) is 0. The SMILES string of the molecule is CCC(NC)c1ccccc1OCC(F)F. The number of nitrogens with one attached hydrogen (secondary N) is 1. The second-order valence-electron chi connectivity index (χ2n) is 3.49. The van der Waals surface area contributed by atoms with Crippen LogP contribution in [0.15, 0.2) is 24.3 Å². The maximum atomic E-state index is 12.1. The minimum Gasteiger partial charge on any atom is -0.487 e. The number of hydrogen-bond acceptors (Lipinski definition) is 2. The zero-order chi connectivity index (χ0) is 12.0. The van der Waals surface area contributed by atoms with Crippen LogP contribution >= 0.6 is 0 Å². The Morgan fingerprint density at radius 1 is 1.31 bits per heavy atom. The van der Waals surface area contributed by atoms with Crippen molar-refractivity contribution in [1.82, 2.24) is 5.32 Å². The molecule has 1 rings (SSSR count). The average molecular weight is 229 g/mol. The number of hydrogen-bond donors (Lipinski definition) is 1. The van der Waals surface area contributed by atoms with Gasteiger partial charge in [-0.2, -0.15) is 0 Å². The predicted octanol–water partition coefficient (Wildman–Crippen LogP) is 3.00. The molecule has 0 bridgehead atoms. The maximum absolute atomic E-state index is 12.1. The third-order valence-corrected chi connectivity index (χ3v) is 2.42. The molecule has 0 heterocycles. The molecule has 0 amide bonds. The molecule has 90 valence electrons. The number of halogens is 2. The van der Waals surface area contributed by atoms with Crippen LogP contribution in [0.4, 0.5) is 8.78 Å². The fourth-order valence-electron chi connectivity index (χ4n) is 1.63. The highest BCUT2D eigenvalue weighted by atomic mass is 19.3. The van der Waals surface area contributed by atoms with Crippen LogP contribution in [0, 0.1) is 0 Å². The summed E-state index contributed by atoms with van der Waals surface area (Å²) in [5.74, 6) is 0.531. The summed E-state index contributed by atoms with van der Waals surface area (Å²) >= 11 is 0. The first-order valence-corrected chi connectivity index (χ1v) is 5.36. The first kappa shape index (κ1) is 12.9. The van der Waals surface area contributed by atoms with Gasteiger partial charge in [-0.25, -0.2) is 8.78 Å². The molecule has 0 aliphatic carbocycles. The Morgan fingerprint density at radius 2 is 2.00 bits per heavy atom. The van der Waals surface area contributed by atoms with E-state index < -0.39 is 13.0 Å². The van der Waals surface area contributed by atoms with E-state index in [-0.39, 0.29) is 6.04 Å². The first-order chi connectivity index (χ1) is 7.69. The van der Waals surface area contributed by atoms with Crippen LogP contribution in [0.5, 0.6) is 5.75 Å². The Kier molecular flexibility index (Phi) is 5.19. The third kappa shape index (κ3) is 3.45. The normalized spacial score (nSPS) is 12.8. The lowest BCUT2D eigenvalue weighted by atomic mass is 10.0. The molecule has 1 N–H and O–H groups in total. The van der Waals surface area contributed by atoms with Crippen LogP contribution in [0.3, 0.4) is 0 Å². The number of alkyl halides is 2. The first-order valence-electron chi connectivity index (χ1n) is 5.36. The van der Waals surface area contributed by atoms with E-state index in [1.807, 2.05) is 26.1 Å². The lowest BCUT2D eigenvalue weighted by Gasteiger charge is -2.18. The van der Waals surface area contributed by atoms with Gasteiger partial charge in [-0.05, 0) is 19.5 Å². The summed E-state index contributed by atoms with van der Waals surface area (Å²) in [7, 11) is 1.85. The summed E-state index contributed by atoms with van der Waals surface area (Å²) in [5, 5.41) is 3.13. The molecule has 1 atom stereocenters. The molecule has 4 heteroatoms. The van der Waals surface area contributed by atoms with E-state index in [0.717, 1.165) is 12.0 Å². The van der Waals surface area contributed by atoms with Crippen molar-refractivity contribution in [3.63, 3.8) is 0 Å². The number of benzene rings is 1. The average Bonchev–Trinajstić information content (AvgIpc) is 2.29. The van der Waals surface area contributed by atoms with Crippen molar-refractivity contribution < 1.29 is 13.5 Å². The van der Waals surface area contributed by atoms with Gasteiger partial charge in [-0.1, -0.05) is 25.1 Å². The van der Waals surface area contributed by atoms with Crippen molar-refractivity contribution in [2.24, 2.45) is 0 Å². The molecule has 0 radical (unpaired) electrons. The van der Waals surface area contributed by atoms with Crippen molar-refractivity contribution in [2.45, 2.75) is 25.8 Å². The summed E-state index contributed by atoms with van der Waals surface area (Å²) in [6.45, 7) is 1.47. The predicted molar refractivity (Wildman–Crippen MR) is 60.0 cm³/mol. The summed E-state index contributed by atoms with van der Waals surface area (Å²) in [6, 6.07) is 7.41. The second-order valence-corrected chi connectivity index (χ2v) is 3.49. The zero-order valence-electron chi connectivity index (χ0n) is 9.54. The molecule has 0 fully saturated rings. The Labute approximate surface area is 94.6 Å². The van der Waals surface area contributed by atoms with Crippen LogP contribution < -0.4 is 10.1 Å². The molecule has 0 saturated heterocycles. The van der Waals surface area contributed by atoms with Crippen molar-refractivity contribution in [1.29, 1.82) is 0 Å². The standard InChI is InChI=1S/C12H17F2NO/c1-3-10(15-2)9-6-4-5-7-11(9)16-8-12(13)14/h4-7,10,12,15H,3,8H2,1-2H3. The van der Waals surface area contributed by atoms with Crippen molar-refractivity contribution in [3.05, 3.63) is 29.8 Å². The number of rotatable bonds is 6. The molecule has 0 aliphatic rings.